The van der Waals surface area contributed by atoms with Crippen LogP contribution in [0.5, 0.6) is 0 Å². The van der Waals surface area contributed by atoms with Crippen LogP contribution in [0.2, 0.25) is 5.02 Å². The molecule has 0 radical (unpaired) electrons. The lowest BCUT2D eigenvalue weighted by atomic mass is 10.2. The van der Waals surface area contributed by atoms with Crippen molar-refractivity contribution < 1.29 is 4.79 Å². The molecule has 0 fully saturated rings. The zero-order valence-electron chi connectivity index (χ0n) is 6.54. The SMILES string of the molecule is NC(=O)c1n[nH]c2cccc(Cl)c12. The molecule has 1 aromatic carbocycles. The van der Waals surface area contributed by atoms with Gasteiger partial charge in [-0.1, -0.05) is 17.7 Å². The molecule has 4 nitrogen and oxygen atoms in total. The first-order valence-corrected chi connectivity index (χ1v) is 4.00. The lowest BCUT2D eigenvalue weighted by Crippen LogP contribution is -2.11. The molecule has 5 heteroatoms. The number of rotatable bonds is 1. The van der Waals surface area contributed by atoms with Crippen LogP contribution in [0.1, 0.15) is 10.5 Å². The molecule has 0 saturated carbocycles. The first-order chi connectivity index (χ1) is 6.20. The van der Waals surface area contributed by atoms with Crippen LogP contribution in [0.4, 0.5) is 0 Å². The molecule has 0 unspecified atom stereocenters. The van der Waals surface area contributed by atoms with Crippen LogP contribution in [0.3, 0.4) is 0 Å². The van der Waals surface area contributed by atoms with Crippen LogP contribution in [0.15, 0.2) is 18.2 Å². The maximum absolute atomic E-state index is 10.9. The number of carbonyl (C=O) groups is 1. The number of nitrogens with two attached hydrogens (primary N) is 1. The molecule has 66 valence electrons. The maximum Gasteiger partial charge on any atom is 0.269 e. The molecular formula is C8H6ClN3O. The van der Waals surface area contributed by atoms with E-state index in [4.69, 9.17) is 17.3 Å². The van der Waals surface area contributed by atoms with Gasteiger partial charge in [-0.2, -0.15) is 5.10 Å². The molecule has 1 heterocycles. The second-order valence-electron chi connectivity index (χ2n) is 2.60. The number of amides is 1. The number of hydrogen-bond acceptors (Lipinski definition) is 2. The van der Waals surface area contributed by atoms with E-state index in [1.807, 2.05) is 0 Å². The highest BCUT2D eigenvalue weighted by Crippen LogP contribution is 2.24. The van der Waals surface area contributed by atoms with Crippen molar-refractivity contribution in [3.05, 3.63) is 28.9 Å². The third-order valence-electron chi connectivity index (χ3n) is 1.77. The standard InChI is InChI=1S/C8H6ClN3O/c9-4-2-1-3-5-6(4)7(8(10)13)12-11-5/h1-3H,(H2,10,13)(H,11,12). The van der Waals surface area contributed by atoms with Crippen molar-refractivity contribution in [1.82, 2.24) is 10.2 Å². The number of fused-ring (bicyclic) bond motifs is 1. The van der Waals surface area contributed by atoms with Gasteiger partial charge in [-0.3, -0.25) is 9.89 Å². The monoisotopic (exact) mass is 195 g/mol. The van der Waals surface area contributed by atoms with E-state index in [-0.39, 0.29) is 5.69 Å². The molecule has 3 N–H and O–H groups in total. The number of hydrogen-bond donors (Lipinski definition) is 2. The zero-order valence-corrected chi connectivity index (χ0v) is 7.30. The molecule has 1 aromatic heterocycles. The summed E-state index contributed by atoms with van der Waals surface area (Å²) in [6.45, 7) is 0. The second kappa shape index (κ2) is 2.74. The molecule has 13 heavy (non-hydrogen) atoms. The highest BCUT2D eigenvalue weighted by molar-refractivity contribution is 6.36. The summed E-state index contributed by atoms with van der Waals surface area (Å²) >= 11 is 5.88. The molecular weight excluding hydrogens is 190 g/mol. The Labute approximate surface area is 78.7 Å². The fourth-order valence-electron chi connectivity index (χ4n) is 1.21. The molecule has 2 aromatic rings. The summed E-state index contributed by atoms with van der Waals surface area (Å²) in [7, 11) is 0. The van der Waals surface area contributed by atoms with Crippen molar-refractivity contribution >= 4 is 28.4 Å². The molecule has 0 bridgehead atoms. The smallest absolute Gasteiger partial charge is 0.269 e. The van der Waals surface area contributed by atoms with E-state index in [1.54, 1.807) is 18.2 Å². The number of nitrogens with zero attached hydrogens (tertiary/aromatic N) is 1. The molecule has 0 aliphatic heterocycles. The van der Waals surface area contributed by atoms with E-state index in [9.17, 15) is 4.79 Å². The average molecular weight is 196 g/mol. The van der Waals surface area contributed by atoms with Gasteiger partial charge in [0, 0.05) is 0 Å². The predicted octanol–water partition coefficient (Wildman–Crippen LogP) is 1.32. The van der Waals surface area contributed by atoms with E-state index in [0.29, 0.717) is 15.9 Å². The van der Waals surface area contributed by atoms with Crippen molar-refractivity contribution in [2.45, 2.75) is 0 Å². The summed E-state index contributed by atoms with van der Waals surface area (Å²) < 4.78 is 0. The van der Waals surface area contributed by atoms with E-state index in [2.05, 4.69) is 10.2 Å². The Morgan fingerprint density at radius 3 is 3.00 bits per heavy atom. The van der Waals surface area contributed by atoms with Crippen LogP contribution in [0, 0.1) is 0 Å². The number of primary amides is 1. The van der Waals surface area contributed by atoms with Crippen molar-refractivity contribution in [2.24, 2.45) is 5.73 Å². The number of nitrogens with one attached hydrogen (secondary N) is 1. The fraction of sp³-hybridized carbons (Fsp3) is 0. The normalized spacial score (nSPS) is 10.5. The molecule has 2 rings (SSSR count). The van der Waals surface area contributed by atoms with Crippen LogP contribution in [-0.4, -0.2) is 16.1 Å². The number of H-pyrrole nitrogens is 1. The van der Waals surface area contributed by atoms with Gasteiger partial charge in [-0.25, -0.2) is 0 Å². The second-order valence-corrected chi connectivity index (χ2v) is 3.01. The quantitative estimate of drug-likeness (QED) is 0.720. The fourth-order valence-corrected chi connectivity index (χ4v) is 1.47. The summed E-state index contributed by atoms with van der Waals surface area (Å²) in [5, 5.41) is 7.50. The van der Waals surface area contributed by atoms with Gasteiger partial charge >= 0.3 is 0 Å². The third kappa shape index (κ3) is 1.15. The molecule has 0 saturated heterocycles. The van der Waals surface area contributed by atoms with E-state index >= 15 is 0 Å². The van der Waals surface area contributed by atoms with Gasteiger partial charge in [-0.15, -0.1) is 0 Å². The number of aromatic nitrogens is 2. The molecule has 0 aliphatic rings. The van der Waals surface area contributed by atoms with E-state index in [0.717, 1.165) is 0 Å². The van der Waals surface area contributed by atoms with Crippen molar-refractivity contribution in [2.75, 3.05) is 0 Å². The Morgan fingerprint density at radius 1 is 1.54 bits per heavy atom. The maximum atomic E-state index is 10.9. The molecule has 0 spiro atoms. The summed E-state index contributed by atoms with van der Waals surface area (Å²) in [5.74, 6) is -0.584. The number of carbonyl (C=O) groups excluding carboxylic acids is 1. The van der Waals surface area contributed by atoms with Gasteiger partial charge in [0.2, 0.25) is 0 Å². The Morgan fingerprint density at radius 2 is 2.31 bits per heavy atom. The Kier molecular flexibility index (Phi) is 1.70. The summed E-state index contributed by atoms with van der Waals surface area (Å²) in [4.78, 5) is 10.9. The Bertz CT molecular complexity index is 477. The van der Waals surface area contributed by atoms with E-state index < -0.39 is 5.91 Å². The van der Waals surface area contributed by atoms with Crippen molar-refractivity contribution in [3.8, 4) is 0 Å². The summed E-state index contributed by atoms with van der Waals surface area (Å²) in [5.41, 5.74) is 6.00. The minimum Gasteiger partial charge on any atom is -0.364 e. The Hall–Kier alpha value is -1.55. The van der Waals surface area contributed by atoms with E-state index in [1.165, 1.54) is 0 Å². The van der Waals surface area contributed by atoms with Crippen molar-refractivity contribution in [1.29, 1.82) is 0 Å². The molecule has 1 amide bonds. The van der Waals surface area contributed by atoms with Gasteiger partial charge in [-0.05, 0) is 12.1 Å². The lowest BCUT2D eigenvalue weighted by molar-refractivity contribution is 0.0997. The average Bonchev–Trinajstić information content (AvgIpc) is 2.49. The van der Waals surface area contributed by atoms with Gasteiger partial charge < -0.3 is 5.73 Å². The number of benzene rings is 1. The molecule has 0 atom stereocenters. The largest absolute Gasteiger partial charge is 0.364 e. The number of aromatic amines is 1. The highest BCUT2D eigenvalue weighted by atomic mass is 35.5. The predicted molar refractivity (Wildman–Crippen MR) is 49.6 cm³/mol. The van der Waals surface area contributed by atoms with Crippen LogP contribution < -0.4 is 5.73 Å². The highest BCUT2D eigenvalue weighted by Gasteiger charge is 2.12. The van der Waals surface area contributed by atoms with Crippen LogP contribution >= 0.6 is 11.6 Å². The minimum atomic E-state index is -0.584. The van der Waals surface area contributed by atoms with Gasteiger partial charge in [0.1, 0.15) is 0 Å². The van der Waals surface area contributed by atoms with Crippen molar-refractivity contribution in [3.63, 3.8) is 0 Å². The van der Waals surface area contributed by atoms with Gasteiger partial charge in [0.05, 0.1) is 15.9 Å². The lowest BCUT2D eigenvalue weighted by Gasteiger charge is -1.93. The topological polar surface area (TPSA) is 71.8 Å². The summed E-state index contributed by atoms with van der Waals surface area (Å²) in [6.07, 6.45) is 0. The minimum absolute atomic E-state index is 0.181. The van der Waals surface area contributed by atoms with Crippen LogP contribution in [0.25, 0.3) is 10.9 Å². The summed E-state index contributed by atoms with van der Waals surface area (Å²) in [6, 6.07) is 5.24. The first kappa shape index (κ1) is 8.07. The van der Waals surface area contributed by atoms with Gasteiger partial charge in [0.15, 0.2) is 5.69 Å². The van der Waals surface area contributed by atoms with Gasteiger partial charge in [0.25, 0.3) is 5.91 Å². The molecule has 0 aliphatic carbocycles. The Balaban J connectivity index is 2.86. The first-order valence-electron chi connectivity index (χ1n) is 3.62. The zero-order chi connectivity index (χ0) is 9.42. The number of halogens is 1. The third-order valence-corrected chi connectivity index (χ3v) is 2.09. The van der Waals surface area contributed by atoms with Crippen LogP contribution in [-0.2, 0) is 0 Å².